The number of nitrogens with zero attached hydrogens (tertiary/aromatic N) is 3. The van der Waals surface area contributed by atoms with Crippen LogP contribution in [-0.2, 0) is 22.2 Å². The Bertz CT molecular complexity index is 1060. The first-order valence-corrected chi connectivity index (χ1v) is 11.2. The second-order valence-corrected chi connectivity index (χ2v) is 8.48. The maximum absolute atomic E-state index is 12.9. The zero-order valence-electron chi connectivity index (χ0n) is 18.5. The van der Waals surface area contributed by atoms with Crippen molar-refractivity contribution < 1.29 is 27.6 Å². The smallest absolute Gasteiger partial charge is 0.334 e. The van der Waals surface area contributed by atoms with Crippen LogP contribution in [0.15, 0.2) is 42.5 Å². The Morgan fingerprint density at radius 1 is 1.12 bits per heavy atom. The number of likely N-dealkylation sites (tertiary alicyclic amines) is 1. The first-order valence-electron chi connectivity index (χ1n) is 11.2. The quantitative estimate of drug-likeness (QED) is 0.621. The highest BCUT2D eigenvalue weighted by molar-refractivity contribution is 6.01. The van der Waals surface area contributed by atoms with Crippen molar-refractivity contribution in [3.05, 3.63) is 65.0 Å². The van der Waals surface area contributed by atoms with E-state index in [-0.39, 0.29) is 37.4 Å². The van der Waals surface area contributed by atoms with Crippen LogP contribution in [0, 0.1) is 0 Å². The molecule has 0 radical (unpaired) electrons. The number of hydrogen-bond acceptors (Lipinski definition) is 4. The van der Waals surface area contributed by atoms with E-state index in [0.29, 0.717) is 19.4 Å². The highest BCUT2D eigenvalue weighted by Gasteiger charge is 2.32. The van der Waals surface area contributed by atoms with Gasteiger partial charge in [-0.15, -0.1) is 0 Å². The topological polar surface area (TPSA) is 82.6 Å². The van der Waals surface area contributed by atoms with Crippen LogP contribution in [0.4, 0.5) is 18.0 Å². The monoisotopic (exact) mass is 474 g/mol. The van der Waals surface area contributed by atoms with Crippen LogP contribution in [0.25, 0.3) is 0 Å². The molecule has 2 aromatic rings. The van der Waals surface area contributed by atoms with E-state index in [4.69, 9.17) is 4.98 Å². The molecular weight excluding hydrogens is 449 g/mol. The van der Waals surface area contributed by atoms with Crippen molar-refractivity contribution in [2.24, 2.45) is 0 Å². The van der Waals surface area contributed by atoms with Crippen LogP contribution < -0.4 is 5.32 Å². The molecule has 1 unspecified atom stereocenters. The van der Waals surface area contributed by atoms with E-state index < -0.39 is 17.8 Å². The first-order chi connectivity index (χ1) is 16.2. The second-order valence-electron chi connectivity index (χ2n) is 8.48. The van der Waals surface area contributed by atoms with Gasteiger partial charge in [0.25, 0.3) is 0 Å². The molecule has 0 saturated carbocycles. The number of carbonyl (C=O) groups is 3. The summed E-state index contributed by atoms with van der Waals surface area (Å²) in [7, 11) is 0. The summed E-state index contributed by atoms with van der Waals surface area (Å²) in [5, 5.41) is 2.46. The molecule has 10 heteroatoms. The van der Waals surface area contributed by atoms with Crippen molar-refractivity contribution in [2.45, 2.75) is 44.3 Å². The first kappa shape index (κ1) is 23.7. The molecular formula is C24H25F3N4O3. The zero-order valence-corrected chi connectivity index (χ0v) is 18.5. The minimum Gasteiger partial charge on any atom is -0.334 e. The largest absolute Gasteiger partial charge is 0.416 e. The maximum Gasteiger partial charge on any atom is 0.416 e. The van der Waals surface area contributed by atoms with Crippen LogP contribution in [-0.4, -0.2) is 52.3 Å². The number of rotatable bonds is 7. The highest BCUT2D eigenvalue weighted by Crippen LogP contribution is 2.32. The van der Waals surface area contributed by atoms with Crippen LogP contribution in [0.3, 0.4) is 0 Å². The van der Waals surface area contributed by atoms with Crippen molar-refractivity contribution >= 4 is 17.8 Å². The standard InChI is InChI=1S/C24H25F3N4O3/c25-24(26,27)17-10-8-16(9-11-17)14-18-4-1-5-19(29-18)20-6-2-12-30(20)21(32)7-3-13-31-22(33)15-28-23(31)34/h1,4-5,8-11,20H,2-3,6-7,12-15H2,(H,28,34). The summed E-state index contributed by atoms with van der Waals surface area (Å²) in [6.45, 7) is 0.808. The third-order valence-electron chi connectivity index (χ3n) is 6.12. The Morgan fingerprint density at radius 3 is 2.56 bits per heavy atom. The summed E-state index contributed by atoms with van der Waals surface area (Å²) in [5.41, 5.74) is 1.50. The van der Waals surface area contributed by atoms with E-state index in [0.717, 1.165) is 46.8 Å². The molecule has 1 aromatic carbocycles. The molecule has 4 amide bonds. The Balaban J connectivity index is 1.37. The minimum atomic E-state index is -4.37. The van der Waals surface area contributed by atoms with Gasteiger partial charge in [-0.3, -0.25) is 19.5 Å². The average Bonchev–Trinajstić information content (AvgIpc) is 3.41. The molecule has 0 spiro atoms. The van der Waals surface area contributed by atoms with Gasteiger partial charge in [0.1, 0.15) is 0 Å². The van der Waals surface area contributed by atoms with Gasteiger partial charge in [-0.1, -0.05) is 18.2 Å². The lowest BCUT2D eigenvalue weighted by Crippen LogP contribution is -2.34. The Morgan fingerprint density at radius 2 is 1.88 bits per heavy atom. The van der Waals surface area contributed by atoms with Gasteiger partial charge >= 0.3 is 12.2 Å². The van der Waals surface area contributed by atoms with E-state index in [1.54, 1.807) is 4.90 Å². The van der Waals surface area contributed by atoms with E-state index in [1.807, 2.05) is 18.2 Å². The number of nitrogens with one attached hydrogen (secondary N) is 1. The van der Waals surface area contributed by atoms with Crippen LogP contribution >= 0.6 is 0 Å². The molecule has 1 aromatic heterocycles. The zero-order chi connectivity index (χ0) is 24.3. The van der Waals surface area contributed by atoms with E-state index in [1.165, 1.54) is 12.1 Å². The lowest BCUT2D eigenvalue weighted by atomic mass is 10.0. The summed E-state index contributed by atoms with van der Waals surface area (Å²) in [4.78, 5) is 43.7. The van der Waals surface area contributed by atoms with E-state index in [9.17, 15) is 27.6 Å². The SMILES string of the molecule is O=C1CNC(=O)N1CCCC(=O)N1CCCC1c1cccc(Cc2ccc(C(F)(F)F)cc2)n1. The molecule has 2 saturated heterocycles. The molecule has 1 N–H and O–H groups in total. The number of halogens is 3. The highest BCUT2D eigenvalue weighted by atomic mass is 19.4. The summed E-state index contributed by atoms with van der Waals surface area (Å²) >= 11 is 0. The molecule has 0 aliphatic carbocycles. The number of amides is 4. The number of aromatic nitrogens is 1. The fraction of sp³-hybridized carbons (Fsp3) is 0.417. The second kappa shape index (κ2) is 9.82. The fourth-order valence-electron chi connectivity index (χ4n) is 4.39. The number of carbonyl (C=O) groups excluding carboxylic acids is 3. The van der Waals surface area contributed by atoms with Crippen molar-refractivity contribution in [3.63, 3.8) is 0 Å². The number of alkyl halides is 3. The third kappa shape index (κ3) is 5.37. The van der Waals surface area contributed by atoms with Gasteiger partial charge in [0.15, 0.2) is 0 Å². The Hall–Kier alpha value is -3.43. The normalized spacial score (nSPS) is 18.5. The number of hydrogen-bond donors (Lipinski definition) is 1. The van der Waals surface area contributed by atoms with Crippen LogP contribution in [0.2, 0.25) is 0 Å². The number of benzene rings is 1. The Labute approximate surface area is 194 Å². The van der Waals surface area contributed by atoms with E-state index >= 15 is 0 Å². The van der Waals surface area contributed by atoms with Gasteiger partial charge in [-0.25, -0.2) is 4.79 Å². The fourth-order valence-corrected chi connectivity index (χ4v) is 4.39. The molecule has 2 aliphatic heterocycles. The molecule has 0 bridgehead atoms. The minimum absolute atomic E-state index is 0.00450. The molecule has 3 heterocycles. The average molecular weight is 474 g/mol. The predicted octanol–water partition coefficient (Wildman–Crippen LogP) is 3.69. The third-order valence-corrected chi connectivity index (χ3v) is 6.12. The molecule has 180 valence electrons. The lowest BCUT2D eigenvalue weighted by molar-refractivity contribution is -0.137. The van der Waals surface area contributed by atoms with Gasteiger partial charge in [0.2, 0.25) is 11.8 Å². The molecule has 2 fully saturated rings. The van der Waals surface area contributed by atoms with Gasteiger partial charge in [0.05, 0.1) is 23.8 Å². The summed E-state index contributed by atoms with van der Waals surface area (Å²) in [6.07, 6.45) is -1.75. The van der Waals surface area contributed by atoms with Crippen LogP contribution in [0.5, 0.6) is 0 Å². The molecule has 2 aliphatic rings. The van der Waals surface area contributed by atoms with Gasteiger partial charge in [-0.2, -0.15) is 13.2 Å². The van der Waals surface area contributed by atoms with E-state index in [2.05, 4.69) is 5.32 Å². The van der Waals surface area contributed by atoms with Crippen molar-refractivity contribution in [1.82, 2.24) is 20.1 Å². The summed E-state index contributed by atoms with van der Waals surface area (Å²) in [6, 6.07) is 9.97. The Kier molecular flexibility index (Phi) is 6.85. The van der Waals surface area contributed by atoms with Gasteiger partial charge in [-0.05, 0) is 49.1 Å². The van der Waals surface area contributed by atoms with Crippen molar-refractivity contribution in [3.8, 4) is 0 Å². The van der Waals surface area contributed by atoms with Gasteiger partial charge in [0, 0.05) is 31.6 Å². The predicted molar refractivity (Wildman–Crippen MR) is 117 cm³/mol. The summed E-state index contributed by atoms with van der Waals surface area (Å²) < 4.78 is 38.4. The molecule has 7 nitrogen and oxygen atoms in total. The summed E-state index contributed by atoms with van der Waals surface area (Å²) in [5.74, 6) is -0.338. The van der Waals surface area contributed by atoms with Crippen LogP contribution in [0.1, 0.15) is 54.2 Å². The van der Waals surface area contributed by atoms with Gasteiger partial charge < -0.3 is 10.2 Å². The van der Waals surface area contributed by atoms with Crippen molar-refractivity contribution in [1.29, 1.82) is 0 Å². The number of imide groups is 1. The number of urea groups is 1. The lowest BCUT2D eigenvalue weighted by Gasteiger charge is -2.25. The molecule has 34 heavy (non-hydrogen) atoms. The molecule has 4 rings (SSSR count). The molecule has 1 atom stereocenters. The maximum atomic E-state index is 12.9. The number of pyridine rings is 1. The van der Waals surface area contributed by atoms with Crippen molar-refractivity contribution in [2.75, 3.05) is 19.6 Å².